The largest absolute Gasteiger partial charge is 0.368 e. The third kappa shape index (κ3) is 3.79. The van der Waals surface area contributed by atoms with Gasteiger partial charge in [-0.15, -0.1) is 0 Å². The second-order valence-corrected chi connectivity index (χ2v) is 7.37. The molecule has 28 heavy (non-hydrogen) atoms. The molecule has 0 amide bonds. The zero-order valence-corrected chi connectivity index (χ0v) is 16.8. The van der Waals surface area contributed by atoms with Crippen LogP contribution >= 0.6 is 0 Å². The lowest BCUT2D eigenvalue weighted by Gasteiger charge is -2.37. The van der Waals surface area contributed by atoms with Gasteiger partial charge in [-0.05, 0) is 55.7 Å². The second kappa shape index (κ2) is 7.89. The predicted octanol–water partition coefficient (Wildman–Crippen LogP) is 4.47. The van der Waals surface area contributed by atoms with Crippen LogP contribution < -0.4 is 15.1 Å². The molecule has 1 N–H and O–H groups in total. The summed E-state index contributed by atoms with van der Waals surface area (Å²) in [5.74, 6) is 1.62. The summed E-state index contributed by atoms with van der Waals surface area (Å²) >= 11 is 0. The lowest BCUT2D eigenvalue weighted by Crippen LogP contribution is -2.47. The number of nitrogens with one attached hydrogen (secondary N) is 1. The molecule has 1 fully saturated rings. The van der Waals surface area contributed by atoms with Crippen molar-refractivity contribution in [2.75, 3.05) is 41.3 Å². The van der Waals surface area contributed by atoms with E-state index in [1.165, 1.54) is 22.4 Å². The Balaban J connectivity index is 1.45. The fourth-order valence-electron chi connectivity index (χ4n) is 3.67. The summed E-state index contributed by atoms with van der Waals surface area (Å²) in [5.41, 5.74) is 6.30. The quantitative estimate of drug-likeness (QED) is 0.731. The molecule has 0 aliphatic carbocycles. The van der Waals surface area contributed by atoms with Crippen LogP contribution in [0.1, 0.15) is 16.7 Å². The highest BCUT2D eigenvalue weighted by Gasteiger charge is 2.20. The van der Waals surface area contributed by atoms with E-state index in [1.807, 2.05) is 30.5 Å². The summed E-state index contributed by atoms with van der Waals surface area (Å²) in [6, 6.07) is 16.7. The van der Waals surface area contributed by atoms with E-state index in [0.717, 1.165) is 37.7 Å². The number of hydrogen-bond acceptors (Lipinski definition) is 5. The number of para-hydroxylation sites is 1. The van der Waals surface area contributed by atoms with Gasteiger partial charge in [0.2, 0.25) is 5.95 Å². The van der Waals surface area contributed by atoms with Crippen LogP contribution in [0.5, 0.6) is 0 Å². The number of aryl methyl sites for hydroxylation is 2. The van der Waals surface area contributed by atoms with E-state index >= 15 is 0 Å². The fourth-order valence-corrected chi connectivity index (χ4v) is 3.67. The summed E-state index contributed by atoms with van der Waals surface area (Å²) in [7, 11) is 0. The number of benzene rings is 2. The number of piperazine rings is 1. The average molecular weight is 374 g/mol. The van der Waals surface area contributed by atoms with Gasteiger partial charge in [-0.1, -0.05) is 30.3 Å². The van der Waals surface area contributed by atoms with Gasteiger partial charge in [0.05, 0.1) is 0 Å². The molecule has 1 aromatic heterocycles. The van der Waals surface area contributed by atoms with Crippen molar-refractivity contribution >= 4 is 23.1 Å². The van der Waals surface area contributed by atoms with Crippen molar-refractivity contribution in [1.82, 2.24) is 9.97 Å². The molecule has 0 bridgehead atoms. The minimum absolute atomic E-state index is 0.642. The molecular weight excluding hydrogens is 346 g/mol. The highest BCUT2D eigenvalue weighted by molar-refractivity contribution is 5.60. The third-order valence-corrected chi connectivity index (χ3v) is 5.55. The summed E-state index contributed by atoms with van der Waals surface area (Å²) in [5, 5.41) is 3.34. The Kier molecular flexibility index (Phi) is 5.15. The summed E-state index contributed by atoms with van der Waals surface area (Å²) in [6.07, 6.45) is 1.83. The third-order valence-electron chi connectivity index (χ3n) is 5.55. The minimum atomic E-state index is 0.642. The van der Waals surface area contributed by atoms with Crippen molar-refractivity contribution in [3.63, 3.8) is 0 Å². The Bertz CT molecular complexity index is 961. The molecule has 2 aromatic carbocycles. The molecule has 144 valence electrons. The topological polar surface area (TPSA) is 44.3 Å². The maximum Gasteiger partial charge on any atom is 0.229 e. The normalized spacial score (nSPS) is 14.2. The first-order valence-corrected chi connectivity index (χ1v) is 9.83. The Morgan fingerprint density at radius 1 is 0.786 bits per heavy atom. The molecule has 0 radical (unpaired) electrons. The van der Waals surface area contributed by atoms with Crippen LogP contribution in [-0.2, 0) is 0 Å². The molecule has 5 heteroatoms. The second-order valence-electron chi connectivity index (χ2n) is 7.37. The SMILES string of the molecule is Cc1ccccc1Nc1nccc(N2CCN(c3cccc(C)c3C)CC2)n1. The summed E-state index contributed by atoms with van der Waals surface area (Å²) in [6.45, 7) is 10.4. The van der Waals surface area contributed by atoms with E-state index in [-0.39, 0.29) is 0 Å². The number of anilines is 4. The first kappa shape index (κ1) is 18.3. The molecule has 3 aromatic rings. The van der Waals surface area contributed by atoms with E-state index in [4.69, 9.17) is 4.98 Å². The van der Waals surface area contributed by atoms with E-state index in [0.29, 0.717) is 5.95 Å². The monoisotopic (exact) mass is 373 g/mol. The lowest BCUT2D eigenvalue weighted by atomic mass is 10.1. The Morgan fingerprint density at radius 2 is 1.50 bits per heavy atom. The van der Waals surface area contributed by atoms with Gasteiger partial charge in [0.25, 0.3) is 0 Å². The number of aromatic nitrogens is 2. The van der Waals surface area contributed by atoms with Crippen molar-refractivity contribution in [3.05, 3.63) is 71.4 Å². The summed E-state index contributed by atoms with van der Waals surface area (Å²) in [4.78, 5) is 14.0. The molecule has 2 heterocycles. The highest BCUT2D eigenvalue weighted by Crippen LogP contribution is 2.25. The van der Waals surface area contributed by atoms with Crippen LogP contribution in [0, 0.1) is 20.8 Å². The first-order valence-electron chi connectivity index (χ1n) is 9.83. The van der Waals surface area contributed by atoms with E-state index in [2.05, 4.69) is 65.1 Å². The number of rotatable bonds is 4. The first-order chi connectivity index (χ1) is 13.6. The molecule has 0 saturated carbocycles. The van der Waals surface area contributed by atoms with Gasteiger partial charge in [0, 0.05) is 43.8 Å². The maximum atomic E-state index is 4.75. The average Bonchev–Trinajstić information content (AvgIpc) is 2.72. The van der Waals surface area contributed by atoms with Crippen LogP contribution in [0.2, 0.25) is 0 Å². The highest BCUT2D eigenvalue weighted by atomic mass is 15.3. The van der Waals surface area contributed by atoms with Crippen molar-refractivity contribution in [2.45, 2.75) is 20.8 Å². The van der Waals surface area contributed by atoms with Crippen molar-refractivity contribution in [3.8, 4) is 0 Å². The minimum Gasteiger partial charge on any atom is -0.368 e. The molecule has 4 rings (SSSR count). The van der Waals surface area contributed by atoms with Gasteiger partial charge in [0.15, 0.2) is 0 Å². The van der Waals surface area contributed by atoms with Crippen molar-refractivity contribution < 1.29 is 0 Å². The van der Waals surface area contributed by atoms with Gasteiger partial charge in [-0.25, -0.2) is 4.98 Å². The zero-order valence-electron chi connectivity index (χ0n) is 16.8. The van der Waals surface area contributed by atoms with Crippen molar-refractivity contribution in [2.24, 2.45) is 0 Å². The van der Waals surface area contributed by atoms with E-state index in [1.54, 1.807) is 0 Å². The Labute approximate surface area is 167 Å². The molecule has 1 aliphatic rings. The molecule has 1 saturated heterocycles. The van der Waals surface area contributed by atoms with Crippen molar-refractivity contribution in [1.29, 1.82) is 0 Å². The standard InChI is InChI=1S/C23H27N5/c1-17-8-6-10-21(19(17)3)27-13-15-28(16-14-27)22-11-12-24-23(26-22)25-20-9-5-4-7-18(20)2/h4-12H,13-16H2,1-3H3,(H,24,25,26). The Hall–Kier alpha value is -3.08. The van der Waals surface area contributed by atoms with Crippen LogP contribution in [0.4, 0.5) is 23.1 Å². The van der Waals surface area contributed by atoms with Crippen LogP contribution in [-0.4, -0.2) is 36.1 Å². The molecule has 1 aliphatic heterocycles. The van der Waals surface area contributed by atoms with Gasteiger partial charge < -0.3 is 15.1 Å². The Morgan fingerprint density at radius 3 is 2.29 bits per heavy atom. The van der Waals surface area contributed by atoms with E-state index < -0.39 is 0 Å². The molecule has 0 atom stereocenters. The fraction of sp³-hybridized carbons (Fsp3) is 0.304. The zero-order chi connectivity index (χ0) is 19.5. The number of nitrogens with zero attached hydrogens (tertiary/aromatic N) is 4. The lowest BCUT2D eigenvalue weighted by molar-refractivity contribution is 0.646. The van der Waals surface area contributed by atoms with Crippen LogP contribution in [0.3, 0.4) is 0 Å². The van der Waals surface area contributed by atoms with Gasteiger partial charge in [-0.3, -0.25) is 0 Å². The molecule has 0 unspecified atom stereocenters. The maximum absolute atomic E-state index is 4.75. The predicted molar refractivity (Wildman–Crippen MR) is 117 cm³/mol. The summed E-state index contributed by atoms with van der Waals surface area (Å²) < 4.78 is 0. The van der Waals surface area contributed by atoms with Gasteiger partial charge in [-0.2, -0.15) is 4.98 Å². The molecule has 0 spiro atoms. The molecule has 5 nitrogen and oxygen atoms in total. The van der Waals surface area contributed by atoms with Gasteiger partial charge in [0.1, 0.15) is 5.82 Å². The van der Waals surface area contributed by atoms with Crippen LogP contribution in [0.15, 0.2) is 54.7 Å². The smallest absolute Gasteiger partial charge is 0.229 e. The van der Waals surface area contributed by atoms with E-state index in [9.17, 15) is 0 Å². The van der Waals surface area contributed by atoms with Crippen LogP contribution in [0.25, 0.3) is 0 Å². The molecular formula is C23H27N5. The number of hydrogen-bond donors (Lipinski definition) is 1. The van der Waals surface area contributed by atoms with Gasteiger partial charge >= 0.3 is 0 Å².